The van der Waals surface area contributed by atoms with Crippen molar-refractivity contribution in [3.8, 4) is 0 Å². The topological polar surface area (TPSA) is 122 Å². The molecule has 1 aliphatic rings. The number of carbonyl (C=O) groups excluding carboxylic acids is 2. The van der Waals surface area contributed by atoms with Gasteiger partial charge in [0, 0.05) is 28.8 Å². The predicted octanol–water partition coefficient (Wildman–Crippen LogP) is 2.56. The maximum Gasteiger partial charge on any atom is 0.243 e. The maximum absolute atomic E-state index is 14.0. The standard InChI is InChI=1S/C27H32N4O4S2/c1-37(34,35)30-25(24(19-9-4-2-5-10-19)20-11-6-3-7-12-20)27(33)31-16-8-13-23(31)26(32)29-18-22-15-14-21(17-28)36-22/h2-7,9-12,14-15,23-25,30H,8,13,16-18,28H2,1H3,(H,29,32). The van der Waals surface area contributed by atoms with Gasteiger partial charge in [0.05, 0.1) is 12.8 Å². The number of nitrogens with zero attached hydrogens (tertiary/aromatic N) is 1. The Kier molecular flexibility index (Phi) is 8.75. The van der Waals surface area contributed by atoms with E-state index in [1.165, 1.54) is 16.2 Å². The van der Waals surface area contributed by atoms with Crippen LogP contribution in [0.3, 0.4) is 0 Å². The minimum absolute atomic E-state index is 0.248. The Bertz CT molecular complexity index is 1270. The highest BCUT2D eigenvalue weighted by Crippen LogP contribution is 2.31. The van der Waals surface area contributed by atoms with Crippen molar-refractivity contribution in [3.63, 3.8) is 0 Å². The van der Waals surface area contributed by atoms with Gasteiger partial charge in [-0.3, -0.25) is 9.59 Å². The quantitative estimate of drug-likeness (QED) is 0.365. The summed E-state index contributed by atoms with van der Waals surface area (Å²) in [5, 5.41) is 2.94. The first-order valence-electron chi connectivity index (χ1n) is 12.2. The Morgan fingerprint density at radius 3 is 2.14 bits per heavy atom. The van der Waals surface area contributed by atoms with Crippen molar-refractivity contribution in [2.45, 2.75) is 43.9 Å². The van der Waals surface area contributed by atoms with Gasteiger partial charge in [0.15, 0.2) is 0 Å². The van der Waals surface area contributed by atoms with Crippen molar-refractivity contribution in [1.29, 1.82) is 0 Å². The van der Waals surface area contributed by atoms with Gasteiger partial charge in [-0.05, 0) is 36.1 Å². The van der Waals surface area contributed by atoms with Crippen LogP contribution in [0.25, 0.3) is 0 Å². The van der Waals surface area contributed by atoms with Crippen LogP contribution in [0.5, 0.6) is 0 Å². The Labute approximate surface area is 221 Å². The highest BCUT2D eigenvalue weighted by atomic mass is 32.2. The molecule has 1 aliphatic heterocycles. The van der Waals surface area contributed by atoms with Gasteiger partial charge >= 0.3 is 0 Å². The number of sulfonamides is 1. The fourth-order valence-electron chi connectivity index (χ4n) is 4.79. The van der Waals surface area contributed by atoms with Gasteiger partial charge in [-0.15, -0.1) is 11.3 Å². The van der Waals surface area contributed by atoms with Crippen LogP contribution in [0.15, 0.2) is 72.8 Å². The van der Waals surface area contributed by atoms with E-state index in [9.17, 15) is 18.0 Å². The van der Waals surface area contributed by atoms with Crippen LogP contribution in [-0.4, -0.2) is 50.0 Å². The molecule has 0 saturated carbocycles. The SMILES string of the molecule is CS(=O)(=O)NC(C(=O)N1CCCC1C(=O)NCc1ccc(CN)s1)C(c1ccccc1)c1ccccc1. The number of hydrogen-bond donors (Lipinski definition) is 3. The fourth-order valence-corrected chi connectivity index (χ4v) is 6.33. The molecule has 0 aliphatic carbocycles. The fraction of sp³-hybridized carbons (Fsp3) is 0.333. The van der Waals surface area contributed by atoms with Gasteiger partial charge in [0.1, 0.15) is 12.1 Å². The number of rotatable bonds is 10. The maximum atomic E-state index is 14.0. The molecule has 1 aromatic heterocycles. The van der Waals surface area contributed by atoms with Gasteiger partial charge in [-0.2, -0.15) is 0 Å². The van der Waals surface area contributed by atoms with E-state index in [1.807, 2.05) is 72.8 Å². The van der Waals surface area contributed by atoms with Crippen molar-refractivity contribution in [2.24, 2.45) is 5.73 Å². The second kappa shape index (κ2) is 12.0. The molecule has 37 heavy (non-hydrogen) atoms. The van der Waals surface area contributed by atoms with E-state index in [-0.39, 0.29) is 5.91 Å². The zero-order chi connectivity index (χ0) is 26.4. The van der Waals surface area contributed by atoms with Crippen molar-refractivity contribution in [3.05, 3.63) is 93.7 Å². The Balaban J connectivity index is 1.61. The Hall–Kier alpha value is -3.05. The molecular formula is C27H32N4O4S2. The average Bonchev–Trinajstić information content (AvgIpc) is 3.57. The van der Waals surface area contributed by atoms with E-state index < -0.39 is 33.9 Å². The molecule has 2 heterocycles. The molecule has 10 heteroatoms. The van der Waals surface area contributed by atoms with E-state index in [4.69, 9.17) is 5.73 Å². The lowest BCUT2D eigenvalue weighted by molar-refractivity contribution is -0.140. The monoisotopic (exact) mass is 540 g/mol. The Morgan fingerprint density at radius 2 is 1.59 bits per heavy atom. The van der Waals surface area contributed by atoms with Gasteiger partial charge in [-0.25, -0.2) is 13.1 Å². The van der Waals surface area contributed by atoms with Crippen molar-refractivity contribution < 1.29 is 18.0 Å². The lowest BCUT2D eigenvalue weighted by Crippen LogP contribution is -2.55. The van der Waals surface area contributed by atoms with E-state index in [1.54, 1.807) is 0 Å². The van der Waals surface area contributed by atoms with E-state index >= 15 is 0 Å². The summed E-state index contributed by atoms with van der Waals surface area (Å²) in [4.78, 5) is 30.8. The normalized spacial score (nSPS) is 16.6. The minimum Gasteiger partial charge on any atom is -0.349 e. The third-order valence-corrected chi connectivity index (χ3v) is 8.24. The number of thiophene rings is 1. The van der Waals surface area contributed by atoms with Crippen LogP contribution in [0, 0.1) is 0 Å². The zero-order valence-electron chi connectivity index (χ0n) is 20.7. The van der Waals surface area contributed by atoms with E-state index in [0.29, 0.717) is 32.5 Å². The summed E-state index contributed by atoms with van der Waals surface area (Å²) in [6, 6.07) is 20.8. The molecule has 3 aromatic rings. The minimum atomic E-state index is -3.75. The first kappa shape index (κ1) is 27.0. The van der Waals surface area contributed by atoms with Gasteiger partial charge in [-0.1, -0.05) is 60.7 Å². The molecule has 0 spiro atoms. The molecule has 1 fully saturated rings. The molecule has 0 bridgehead atoms. The predicted molar refractivity (Wildman–Crippen MR) is 145 cm³/mol. The number of nitrogens with one attached hydrogen (secondary N) is 2. The third kappa shape index (κ3) is 6.84. The molecule has 2 amide bonds. The summed E-state index contributed by atoms with van der Waals surface area (Å²) < 4.78 is 27.5. The van der Waals surface area contributed by atoms with Crippen molar-refractivity contribution in [2.75, 3.05) is 12.8 Å². The average molecular weight is 541 g/mol. The Morgan fingerprint density at radius 1 is 1.00 bits per heavy atom. The summed E-state index contributed by atoms with van der Waals surface area (Å²) in [5.41, 5.74) is 7.29. The first-order valence-corrected chi connectivity index (χ1v) is 14.9. The van der Waals surface area contributed by atoms with Crippen LogP contribution in [0.1, 0.15) is 39.6 Å². The van der Waals surface area contributed by atoms with Crippen LogP contribution in [0.2, 0.25) is 0 Å². The number of hydrogen-bond acceptors (Lipinski definition) is 6. The van der Waals surface area contributed by atoms with Crippen LogP contribution in [-0.2, 0) is 32.7 Å². The number of nitrogens with two attached hydrogens (primary N) is 1. The lowest BCUT2D eigenvalue weighted by atomic mass is 9.84. The smallest absolute Gasteiger partial charge is 0.243 e. The lowest BCUT2D eigenvalue weighted by Gasteiger charge is -2.33. The summed E-state index contributed by atoms with van der Waals surface area (Å²) in [7, 11) is -3.75. The van der Waals surface area contributed by atoms with Crippen LogP contribution < -0.4 is 15.8 Å². The molecule has 4 N–H and O–H groups in total. The highest BCUT2D eigenvalue weighted by Gasteiger charge is 2.41. The summed E-state index contributed by atoms with van der Waals surface area (Å²) in [5.74, 6) is -1.24. The highest BCUT2D eigenvalue weighted by molar-refractivity contribution is 7.88. The molecule has 4 rings (SSSR count). The van der Waals surface area contributed by atoms with Gasteiger partial charge in [0.25, 0.3) is 0 Å². The molecule has 8 nitrogen and oxygen atoms in total. The summed E-state index contributed by atoms with van der Waals surface area (Å²) >= 11 is 1.54. The van der Waals surface area contributed by atoms with Crippen LogP contribution >= 0.6 is 11.3 Å². The molecule has 2 unspecified atom stereocenters. The second-order valence-electron chi connectivity index (χ2n) is 9.15. The third-order valence-electron chi connectivity index (χ3n) is 6.45. The number of carbonyl (C=O) groups is 2. The summed E-state index contributed by atoms with van der Waals surface area (Å²) in [6.45, 7) is 1.18. The first-order chi connectivity index (χ1) is 17.8. The van der Waals surface area contributed by atoms with E-state index in [0.717, 1.165) is 27.1 Å². The molecule has 1 saturated heterocycles. The van der Waals surface area contributed by atoms with Crippen LogP contribution in [0.4, 0.5) is 0 Å². The second-order valence-corrected chi connectivity index (χ2v) is 12.2. The van der Waals surface area contributed by atoms with Gasteiger partial charge < -0.3 is 16.0 Å². The summed E-state index contributed by atoms with van der Waals surface area (Å²) in [6.07, 6.45) is 2.22. The van der Waals surface area contributed by atoms with Crippen molar-refractivity contribution >= 4 is 33.2 Å². The molecule has 0 radical (unpaired) electrons. The number of amides is 2. The molecule has 2 aromatic carbocycles. The van der Waals surface area contributed by atoms with E-state index in [2.05, 4.69) is 10.0 Å². The molecular weight excluding hydrogens is 508 g/mol. The number of benzene rings is 2. The van der Waals surface area contributed by atoms with Crippen molar-refractivity contribution in [1.82, 2.24) is 14.9 Å². The van der Waals surface area contributed by atoms with Gasteiger partial charge in [0.2, 0.25) is 21.8 Å². The largest absolute Gasteiger partial charge is 0.349 e. The molecule has 2 atom stereocenters. The number of likely N-dealkylation sites (tertiary alicyclic amines) is 1. The zero-order valence-corrected chi connectivity index (χ0v) is 22.3. The molecule has 196 valence electrons.